The van der Waals surface area contributed by atoms with E-state index < -0.39 is 0 Å². The van der Waals surface area contributed by atoms with E-state index in [9.17, 15) is 9.59 Å². The summed E-state index contributed by atoms with van der Waals surface area (Å²) in [7, 11) is 0. The Morgan fingerprint density at radius 3 is 2.31 bits per heavy atom. The topological polar surface area (TPSA) is 89.5 Å². The number of hydrogen-bond acceptors (Lipinski definition) is 5. The molecule has 2 N–H and O–H groups in total. The van der Waals surface area contributed by atoms with Crippen molar-refractivity contribution >= 4 is 23.2 Å². The molecule has 0 radical (unpaired) electrons. The summed E-state index contributed by atoms with van der Waals surface area (Å²) < 4.78 is 11.0. The van der Waals surface area contributed by atoms with Gasteiger partial charge >= 0.3 is 0 Å². The third-order valence-corrected chi connectivity index (χ3v) is 3.84. The zero-order chi connectivity index (χ0) is 20.5. The van der Waals surface area contributed by atoms with E-state index in [-0.39, 0.29) is 18.4 Å². The number of pyridine rings is 1. The average Bonchev–Trinajstić information content (AvgIpc) is 2.74. The maximum Gasteiger partial charge on any atom is 0.262 e. The van der Waals surface area contributed by atoms with E-state index >= 15 is 0 Å². The Hall–Kier alpha value is -3.87. The first-order valence-electron chi connectivity index (χ1n) is 9.11. The lowest BCUT2D eigenvalue weighted by Gasteiger charge is -2.12. The number of carbonyl (C=O) groups excluding carboxylic acids is 2. The van der Waals surface area contributed by atoms with Gasteiger partial charge in [0.1, 0.15) is 0 Å². The van der Waals surface area contributed by atoms with Gasteiger partial charge in [-0.2, -0.15) is 0 Å². The minimum absolute atomic E-state index is 0.170. The molecule has 3 rings (SSSR count). The van der Waals surface area contributed by atoms with E-state index in [0.29, 0.717) is 35.0 Å². The number of carbonyl (C=O) groups is 2. The summed E-state index contributed by atoms with van der Waals surface area (Å²) >= 11 is 0. The summed E-state index contributed by atoms with van der Waals surface area (Å²) in [6.45, 7) is 2.21. The monoisotopic (exact) mass is 391 g/mol. The lowest BCUT2D eigenvalue weighted by Crippen LogP contribution is -2.20. The van der Waals surface area contributed by atoms with Crippen LogP contribution in [0.15, 0.2) is 73.1 Å². The summed E-state index contributed by atoms with van der Waals surface area (Å²) in [5.74, 6) is 0.481. The van der Waals surface area contributed by atoms with Crippen LogP contribution in [-0.2, 0) is 4.79 Å². The van der Waals surface area contributed by atoms with E-state index in [1.54, 1.807) is 54.7 Å². The number of nitrogens with zero attached hydrogens (tertiary/aromatic N) is 1. The summed E-state index contributed by atoms with van der Waals surface area (Å²) in [4.78, 5) is 28.4. The van der Waals surface area contributed by atoms with Gasteiger partial charge in [0, 0.05) is 23.8 Å². The molecular weight excluding hydrogens is 370 g/mol. The number of para-hydroxylation sites is 2. The molecule has 0 fully saturated rings. The average molecular weight is 391 g/mol. The molecule has 1 heterocycles. The number of benzene rings is 2. The fourth-order valence-corrected chi connectivity index (χ4v) is 2.56. The maximum absolute atomic E-state index is 12.2. The minimum Gasteiger partial charge on any atom is -0.490 e. The lowest BCUT2D eigenvalue weighted by atomic mass is 10.2. The van der Waals surface area contributed by atoms with E-state index in [0.717, 1.165) is 0 Å². The van der Waals surface area contributed by atoms with Crippen LogP contribution in [0.2, 0.25) is 0 Å². The molecule has 0 saturated heterocycles. The number of hydrogen-bond donors (Lipinski definition) is 2. The van der Waals surface area contributed by atoms with Crippen LogP contribution in [0.3, 0.4) is 0 Å². The second kappa shape index (κ2) is 9.89. The van der Waals surface area contributed by atoms with Gasteiger partial charge in [-0.15, -0.1) is 0 Å². The molecule has 0 atom stereocenters. The highest BCUT2D eigenvalue weighted by molar-refractivity contribution is 6.04. The summed E-state index contributed by atoms with van der Waals surface area (Å²) in [5.41, 5.74) is 1.54. The van der Waals surface area contributed by atoms with Gasteiger partial charge in [-0.05, 0) is 49.4 Å². The van der Waals surface area contributed by atoms with Crippen molar-refractivity contribution in [1.82, 2.24) is 4.98 Å². The van der Waals surface area contributed by atoms with E-state index in [1.807, 2.05) is 19.1 Å². The standard InChI is InChI=1S/C22H21N3O4/c1-2-28-19-10-3-4-11-20(19)29-15-21(26)24-17-8-5-9-18(13-17)25-22(27)16-7-6-12-23-14-16/h3-14H,2,15H2,1H3,(H,24,26)(H,25,27). The van der Waals surface area contributed by atoms with Crippen molar-refractivity contribution in [3.63, 3.8) is 0 Å². The number of aromatic nitrogens is 1. The SMILES string of the molecule is CCOc1ccccc1OCC(=O)Nc1cccc(NC(=O)c2cccnc2)c1. The molecule has 7 nitrogen and oxygen atoms in total. The Bertz CT molecular complexity index is 977. The Balaban J connectivity index is 1.57. The first kappa shape index (κ1) is 19.9. The van der Waals surface area contributed by atoms with Crippen LogP contribution in [0.4, 0.5) is 11.4 Å². The van der Waals surface area contributed by atoms with Crippen molar-refractivity contribution in [1.29, 1.82) is 0 Å². The molecule has 29 heavy (non-hydrogen) atoms. The van der Waals surface area contributed by atoms with Crippen molar-refractivity contribution < 1.29 is 19.1 Å². The molecule has 0 bridgehead atoms. The summed E-state index contributed by atoms with van der Waals surface area (Å²) in [5, 5.41) is 5.52. The molecule has 7 heteroatoms. The second-order valence-electron chi connectivity index (χ2n) is 5.99. The molecule has 2 aromatic carbocycles. The highest BCUT2D eigenvalue weighted by Gasteiger charge is 2.09. The molecule has 148 valence electrons. The van der Waals surface area contributed by atoms with Crippen molar-refractivity contribution in [3.8, 4) is 11.5 Å². The third kappa shape index (κ3) is 5.80. The quantitative estimate of drug-likeness (QED) is 0.610. The Labute approximate surface area is 168 Å². The van der Waals surface area contributed by atoms with Crippen LogP contribution < -0.4 is 20.1 Å². The Morgan fingerprint density at radius 1 is 0.897 bits per heavy atom. The van der Waals surface area contributed by atoms with Crippen molar-refractivity contribution in [3.05, 3.63) is 78.6 Å². The van der Waals surface area contributed by atoms with Crippen LogP contribution in [0, 0.1) is 0 Å². The summed E-state index contributed by atoms with van der Waals surface area (Å²) in [6, 6.07) is 17.4. The van der Waals surface area contributed by atoms with Gasteiger partial charge in [-0.1, -0.05) is 18.2 Å². The molecule has 0 saturated carbocycles. The molecule has 3 aromatic rings. The number of rotatable bonds is 8. The van der Waals surface area contributed by atoms with Crippen LogP contribution >= 0.6 is 0 Å². The van der Waals surface area contributed by atoms with Gasteiger partial charge in [-0.25, -0.2) is 0 Å². The zero-order valence-corrected chi connectivity index (χ0v) is 15.9. The molecule has 0 unspecified atom stereocenters. The predicted octanol–water partition coefficient (Wildman–Crippen LogP) is 3.75. The number of amides is 2. The normalized spacial score (nSPS) is 10.1. The number of nitrogens with one attached hydrogen (secondary N) is 2. The van der Waals surface area contributed by atoms with E-state index in [1.165, 1.54) is 6.20 Å². The molecule has 1 aromatic heterocycles. The number of anilines is 2. The maximum atomic E-state index is 12.2. The molecular formula is C22H21N3O4. The van der Waals surface area contributed by atoms with E-state index in [4.69, 9.17) is 9.47 Å². The Morgan fingerprint density at radius 2 is 1.62 bits per heavy atom. The van der Waals surface area contributed by atoms with Crippen LogP contribution in [0.25, 0.3) is 0 Å². The largest absolute Gasteiger partial charge is 0.490 e. The Kier molecular flexibility index (Phi) is 6.78. The first-order chi connectivity index (χ1) is 14.2. The zero-order valence-electron chi connectivity index (χ0n) is 15.9. The minimum atomic E-state index is -0.327. The van der Waals surface area contributed by atoms with Gasteiger partial charge in [0.2, 0.25) is 0 Å². The first-order valence-corrected chi connectivity index (χ1v) is 9.11. The molecule has 2 amide bonds. The van der Waals surface area contributed by atoms with Crippen LogP contribution in [0.5, 0.6) is 11.5 Å². The lowest BCUT2D eigenvalue weighted by molar-refractivity contribution is -0.118. The second-order valence-corrected chi connectivity index (χ2v) is 5.99. The highest BCUT2D eigenvalue weighted by Crippen LogP contribution is 2.26. The molecule has 0 aliphatic carbocycles. The highest BCUT2D eigenvalue weighted by atomic mass is 16.5. The van der Waals surface area contributed by atoms with Crippen LogP contribution in [-0.4, -0.2) is 30.0 Å². The summed E-state index contributed by atoms with van der Waals surface area (Å²) in [6.07, 6.45) is 3.08. The van der Waals surface area contributed by atoms with Gasteiger partial charge in [0.05, 0.1) is 12.2 Å². The van der Waals surface area contributed by atoms with E-state index in [2.05, 4.69) is 15.6 Å². The smallest absolute Gasteiger partial charge is 0.262 e. The third-order valence-electron chi connectivity index (χ3n) is 3.84. The molecule has 0 aliphatic rings. The van der Waals surface area contributed by atoms with Crippen LogP contribution in [0.1, 0.15) is 17.3 Å². The van der Waals surface area contributed by atoms with Crippen molar-refractivity contribution in [2.75, 3.05) is 23.8 Å². The van der Waals surface area contributed by atoms with Gasteiger partial charge in [0.15, 0.2) is 18.1 Å². The fourth-order valence-electron chi connectivity index (χ4n) is 2.56. The fraction of sp³-hybridized carbons (Fsp3) is 0.136. The van der Waals surface area contributed by atoms with Gasteiger partial charge < -0.3 is 20.1 Å². The van der Waals surface area contributed by atoms with Crippen molar-refractivity contribution in [2.45, 2.75) is 6.92 Å². The molecule has 0 spiro atoms. The number of ether oxygens (including phenoxy) is 2. The van der Waals surface area contributed by atoms with Gasteiger partial charge in [0.25, 0.3) is 11.8 Å². The molecule has 0 aliphatic heterocycles. The predicted molar refractivity (Wildman–Crippen MR) is 110 cm³/mol. The van der Waals surface area contributed by atoms with Crippen molar-refractivity contribution in [2.24, 2.45) is 0 Å². The van der Waals surface area contributed by atoms with Gasteiger partial charge in [-0.3, -0.25) is 14.6 Å².